The molecule has 0 spiro atoms. The Balaban J connectivity index is 3.79. The lowest BCUT2D eigenvalue weighted by Crippen LogP contribution is -2.18. The summed E-state index contributed by atoms with van der Waals surface area (Å²) in [6.07, 6.45) is 7.57. The summed E-state index contributed by atoms with van der Waals surface area (Å²) in [5.74, 6) is 0. The smallest absolute Gasteiger partial charge is 0.102 e. The van der Waals surface area contributed by atoms with E-state index in [9.17, 15) is 4.39 Å². The molecular formula is C10H16FN. The maximum Gasteiger partial charge on any atom is 0.102 e. The molecule has 0 saturated heterocycles. The Labute approximate surface area is 73.7 Å². The quantitative estimate of drug-likeness (QED) is 0.475. The lowest BCUT2D eigenvalue weighted by Gasteiger charge is -2.01. The van der Waals surface area contributed by atoms with E-state index in [1.54, 1.807) is 6.08 Å². The third-order valence-electron chi connectivity index (χ3n) is 1.31. The molecule has 0 bridgehead atoms. The fraction of sp³-hybridized carbons (Fsp3) is 0.400. The van der Waals surface area contributed by atoms with Gasteiger partial charge >= 0.3 is 0 Å². The van der Waals surface area contributed by atoms with Crippen molar-refractivity contribution in [1.82, 2.24) is 5.32 Å². The monoisotopic (exact) mass is 169 g/mol. The Hall–Kier alpha value is -0.890. The maximum absolute atomic E-state index is 11.7. The van der Waals surface area contributed by atoms with Gasteiger partial charge in [0, 0.05) is 13.1 Å². The molecule has 0 aromatic carbocycles. The van der Waals surface area contributed by atoms with Gasteiger partial charge in [-0.2, -0.15) is 0 Å². The minimum atomic E-state index is -0.322. The summed E-state index contributed by atoms with van der Waals surface area (Å²) in [6, 6.07) is 0. The van der Waals surface area contributed by atoms with Gasteiger partial charge in [-0.25, -0.2) is 4.39 Å². The van der Waals surface area contributed by atoms with Gasteiger partial charge in [0.1, 0.15) is 6.67 Å². The molecule has 0 heterocycles. The number of hydrogen-bond acceptors (Lipinski definition) is 1. The van der Waals surface area contributed by atoms with Gasteiger partial charge in [0.05, 0.1) is 0 Å². The van der Waals surface area contributed by atoms with E-state index >= 15 is 0 Å². The van der Waals surface area contributed by atoms with E-state index in [4.69, 9.17) is 0 Å². The zero-order valence-corrected chi connectivity index (χ0v) is 7.52. The van der Waals surface area contributed by atoms with Gasteiger partial charge in [-0.05, 0) is 12.5 Å². The van der Waals surface area contributed by atoms with E-state index in [1.807, 2.05) is 25.2 Å². The van der Waals surface area contributed by atoms with Crippen molar-refractivity contribution in [2.45, 2.75) is 6.92 Å². The second kappa shape index (κ2) is 8.21. The van der Waals surface area contributed by atoms with E-state index in [0.29, 0.717) is 13.1 Å². The van der Waals surface area contributed by atoms with Crippen LogP contribution in [-0.4, -0.2) is 19.8 Å². The highest BCUT2D eigenvalue weighted by Gasteiger charge is 1.89. The molecule has 0 aliphatic rings. The van der Waals surface area contributed by atoms with Crippen molar-refractivity contribution in [2.75, 3.05) is 19.8 Å². The SMILES string of the molecule is C=C/C=C(\C=C/C)CNCCF. The molecule has 1 nitrogen and oxygen atoms in total. The van der Waals surface area contributed by atoms with Crippen LogP contribution in [-0.2, 0) is 0 Å². The van der Waals surface area contributed by atoms with Crippen LogP contribution < -0.4 is 5.32 Å². The van der Waals surface area contributed by atoms with Crippen LogP contribution in [0.5, 0.6) is 0 Å². The third kappa shape index (κ3) is 5.86. The highest BCUT2D eigenvalue weighted by atomic mass is 19.1. The van der Waals surface area contributed by atoms with Crippen molar-refractivity contribution in [3.63, 3.8) is 0 Å². The lowest BCUT2D eigenvalue weighted by atomic mass is 10.2. The first-order chi connectivity index (χ1) is 5.85. The van der Waals surface area contributed by atoms with Crippen LogP contribution in [0.25, 0.3) is 0 Å². The van der Waals surface area contributed by atoms with Gasteiger partial charge in [-0.15, -0.1) is 0 Å². The number of halogens is 1. The lowest BCUT2D eigenvalue weighted by molar-refractivity contribution is 0.474. The first kappa shape index (κ1) is 11.1. The summed E-state index contributed by atoms with van der Waals surface area (Å²) in [7, 11) is 0. The van der Waals surface area contributed by atoms with Crippen LogP contribution in [0.3, 0.4) is 0 Å². The molecule has 0 aromatic rings. The third-order valence-corrected chi connectivity index (χ3v) is 1.31. The average molecular weight is 169 g/mol. The summed E-state index contributed by atoms with van der Waals surface area (Å²) < 4.78 is 11.7. The molecule has 0 unspecified atom stereocenters. The molecule has 1 N–H and O–H groups in total. The molecule has 0 rings (SSSR count). The van der Waals surface area contributed by atoms with Crippen molar-refractivity contribution in [3.8, 4) is 0 Å². The van der Waals surface area contributed by atoms with Crippen LogP contribution in [0.15, 0.2) is 36.5 Å². The molecule has 68 valence electrons. The Morgan fingerprint density at radius 3 is 2.83 bits per heavy atom. The second-order valence-corrected chi connectivity index (χ2v) is 2.34. The number of rotatable bonds is 6. The summed E-state index contributed by atoms with van der Waals surface area (Å²) in [5, 5.41) is 2.96. The molecule has 0 amide bonds. The minimum Gasteiger partial charge on any atom is -0.310 e. The van der Waals surface area contributed by atoms with Crippen molar-refractivity contribution in [3.05, 3.63) is 36.5 Å². The highest BCUT2D eigenvalue weighted by molar-refractivity contribution is 5.23. The fourth-order valence-electron chi connectivity index (χ4n) is 0.838. The van der Waals surface area contributed by atoms with Crippen molar-refractivity contribution >= 4 is 0 Å². The van der Waals surface area contributed by atoms with Gasteiger partial charge in [0.2, 0.25) is 0 Å². The minimum absolute atomic E-state index is 0.322. The van der Waals surface area contributed by atoms with E-state index in [-0.39, 0.29) is 6.67 Å². The van der Waals surface area contributed by atoms with E-state index < -0.39 is 0 Å². The number of nitrogens with one attached hydrogen (secondary N) is 1. The zero-order valence-electron chi connectivity index (χ0n) is 7.52. The molecule has 0 atom stereocenters. The van der Waals surface area contributed by atoms with Crippen LogP contribution in [0.4, 0.5) is 4.39 Å². The first-order valence-electron chi connectivity index (χ1n) is 4.06. The molecule has 0 radical (unpaired) electrons. The molecular weight excluding hydrogens is 153 g/mol. The standard InChI is InChI=1S/C10H16FN/c1-3-5-10(6-4-2)9-12-8-7-11/h3-6,12H,1,7-9H2,2H3/b6-4-,10-5+. The Morgan fingerprint density at radius 1 is 1.58 bits per heavy atom. The topological polar surface area (TPSA) is 12.0 Å². The maximum atomic E-state index is 11.7. The van der Waals surface area contributed by atoms with Crippen LogP contribution in [0.2, 0.25) is 0 Å². The van der Waals surface area contributed by atoms with Crippen molar-refractivity contribution in [1.29, 1.82) is 0 Å². The van der Waals surface area contributed by atoms with Crippen molar-refractivity contribution in [2.24, 2.45) is 0 Å². The molecule has 0 aromatic heterocycles. The molecule has 0 fully saturated rings. The van der Waals surface area contributed by atoms with Crippen LogP contribution in [0, 0.1) is 0 Å². The van der Waals surface area contributed by atoms with E-state index in [2.05, 4.69) is 11.9 Å². The first-order valence-corrected chi connectivity index (χ1v) is 4.06. The number of hydrogen-bond donors (Lipinski definition) is 1. The molecule has 0 saturated carbocycles. The second-order valence-electron chi connectivity index (χ2n) is 2.34. The van der Waals surface area contributed by atoms with Crippen LogP contribution in [0.1, 0.15) is 6.92 Å². The zero-order chi connectivity index (χ0) is 9.23. The van der Waals surface area contributed by atoms with Gasteiger partial charge in [0.15, 0.2) is 0 Å². The van der Waals surface area contributed by atoms with Crippen molar-refractivity contribution < 1.29 is 4.39 Å². The summed E-state index contributed by atoms with van der Waals surface area (Å²) in [6.45, 7) is 6.33. The Kier molecular flexibility index (Phi) is 7.60. The van der Waals surface area contributed by atoms with Gasteiger partial charge in [0.25, 0.3) is 0 Å². The fourth-order valence-corrected chi connectivity index (χ4v) is 0.838. The van der Waals surface area contributed by atoms with Gasteiger partial charge < -0.3 is 5.32 Å². The van der Waals surface area contributed by atoms with Crippen LogP contribution >= 0.6 is 0 Å². The molecule has 2 heteroatoms. The van der Waals surface area contributed by atoms with E-state index in [0.717, 1.165) is 5.57 Å². The summed E-state index contributed by atoms with van der Waals surface area (Å²) >= 11 is 0. The predicted octanol–water partition coefficient (Wildman–Crippen LogP) is 2.23. The summed E-state index contributed by atoms with van der Waals surface area (Å²) in [5.41, 5.74) is 1.11. The largest absolute Gasteiger partial charge is 0.310 e. The number of allylic oxidation sites excluding steroid dienone is 3. The average Bonchev–Trinajstić information content (AvgIpc) is 2.06. The highest BCUT2D eigenvalue weighted by Crippen LogP contribution is 1.94. The molecule has 0 aliphatic heterocycles. The summed E-state index contributed by atoms with van der Waals surface area (Å²) in [4.78, 5) is 0. The van der Waals surface area contributed by atoms with Gasteiger partial charge in [-0.1, -0.05) is 30.9 Å². The normalized spacial score (nSPS) is 12.3. The Bertz CT molecular complexity index is 171. The van der Waals surface area contributed by atoms with E-state index in [1.165, 1.54) is 0 Å². The predicted molar refractivity (Wildman–Crippen MR) is 51.9 cm³/mol. The Morgan fingerprint density at radius 2 is 2.33 bits per heavy atom. The number of alkyl halides is 1. The molecule has 0 aliphatic carbocycles. The van der Waals surface area contributed by atoms with Gasteiger partial charge in [-0.3, -0.25) is 0 Å². The molecule has 12 heavy (non-hydrogen) atoms.